The number of esters is 1. The first kappa shape index (κ1) is 20.5. The van der Waals surface area contributed by atoms with Crippen molar-refractivity contribution in [3.8, 4) is 5.75 Å². The largest absolute Gasteiger partial charge is 0.492 e. The molecule has 1 aromatic carbocycles. The van der Waals surface area contributed by atoms with Crippen LogP contribution in [-0.4, -0.2) is 43.6 Å². The number of hydrogen-bond acceptors (Lipinski definition) is 4. The number of carbonyl (C=O) groups excluding carboxylic acids is 2. The van der Waals surface area contributed by atoms with Crippen molar-refractivity contribution in [2.24, 2.45) is 0 Å². The normalized spacial score (nSPS) is 10.3. The topological polar surface area (TPSA) is 55.8 Å². The van der Waals surface area contributed by atoms with Gasteiger partial charge < -0.3 is 14.4 Å². The molecule has 1 amide bonds. The van der Waals surface area contributed by atoms with Crippen LogP contribution in [0.1, 0.15) is 49.9 Å². The highest BCUT2D eigenvalue weighted by molar-refractivity contribution is 9.10. The molecule has 1 rings (SSSR count). The molecule has 0 heterocycles. The highest BCUT2D eigenvalue weighted by Gasteiger charge is 2.16. The van der Waals surface area contributed by atoms with Crippen molar-refractivity contribution in [1.82, 2.24) is 4.90 Å². The Morgan fingerprint density at radius 1 is 1.17 bits per heavy atom. The van der Waals surface area contributed by atoms with E-state index < -0.39 is 5.97 Å². The minimum atomic E-state index is -0.417. The fourth-order valence-electron chi connectivity index (χ4n) is 2.15. The first-order chi connectivity index (χ1) is 11.5. The number of hydrogen-bond donors (Lipinski definition) is 0. The van der Waals surface area contributed by atoms with Gasteiger partial charge >= 0.3 is 5.97 Å². The minimum Gasteiger partial charge on any atom is -0.492 e. The second-order valence-corrected chi connectivity index (χ2v) is 6.37. The fourth-order valence-corrected chi connectivity index (χ4v) is 2.65. The maximum absolute atomic E-state index is 12.3. The number of nitrogens with zero attached hydrogens (tertiary/aromatic N) is 1. The molecule has 0 bridgehead atoms. The quantitative estimate of drug-likeness (QED) is 0.439. The van der Waals surface area contributed by atoms with Crippen LogP contribution >= 0.6 is 15.9 Å². The number of likely N-dealkylation sites (N-methyl/N-ethyl adjacent to an activating group) is 1. The van der Waals surface area contributed by atoms with Gasteiger partial charge in [-0.3, -0.25) is 9.59 Å². The number of halogens is 1. The monoisotopic (exact) mass is 399 g/mol. The van der Waals surface area contributed by atoms with E-state index >= 15 is 0 Å². The van der Waals surface area contributed by atoms with Crippen LogP contribution in [0.2, 0.25) is 0 Å². The average molecular weight is 400 g/mol. The van der Waals surface area contributed by atoms with Crippen molar-refractivity contribution in [3.63, 3.8) is 0 Å². The molecule has 6 heteroatoms. The maximum Gasteiger partial charge on any atom is 0.325 e. The van der Waals surface area contributed by atoms with E-state index in [1.165, 1.54) is 17.7 Å². The molecule has 0 saturated carbocycles. The van der Waals surface area contributed by atoms with E-state index in [1.54, 1.807) is 32.2 Å². The first-order valence-electron chi connectivity index (χ1n) is 8.33. The smallest absolute Gasteiger partial charge is 0.325 e. The zero-order chi connectivity index (χ0) is 17.9. The SMILES string of the molecule is CCCCCCOc1ccc(C(=O)N(C)CC(=O)OCC)cc1Br. The molecule has 5 nitrogen and oxygen atoms in total. The Morgan fingerprint density at radius 3 is 2.54 bits per heavy atom. The Morgan fingerprint density at radius 2 is 1.92 bits per heavy atom. The van der Waals surface area contributed by atoms with E-state index in [-0.39, 0.29) is 12.5 Å². The summed E-state index contributed by atoms with van der Waals surface area (Å²) < 4.78 is 11.3. The van der Waals surface area contributed by atoms with Gasteiger partial charge in [0.05, 0.1) is 17.7 Å². The molecule has 0 saturated heterocycles. The molecule has 0 aliphatic carbocycles. The predicted octanol–water partition coefficient (Wildman–Crippen LogP) is 4.04. The lowest BCUT2D eigenvalue weighted by Crippen LogP contribution is -2.33. The Balaban J connectivity index is 2.59. The zero-order valence-electron chi connectivity index (χ0n) is 14.6. The van der Waals surface area contributed by atoms with Gasteiger partial charge in [0.2, 0.25) is 0 Å². The Hall–Kier alpha value is -1.56. The summed E-state index contributed by atoms with van der Waals surface area (Å²) in [6.45, 7) is 4.80. The number of ether oxygens (including phenoxy) is 2. The molecule has 0 N–H and O–H groups in total. The summed E-state index contributed by atoms with van der Waals surface area (Å²) in [6, 6.07) is 5.19. The third-order valence-electron chi connectivity index (χ3n) is 3.45. The average Bonchev–Trinajstić information content (AvgIpc) is 2.55. The summed E-state index contributed by atoms with van der Waals surface area (Å²) in [4.78, 5) is 25.1. The molecule has 0 aromatic heterocycles. The van der Waals surface area contributed by atoms with Gasteiger partial charge in [-0.05, 0) is 47.5 Å². The van der Waals surface area contributed by atoms with Crippen molar-refractivity contribution >= 4 is 27.8 Å². The van der Waals surface area contributed by atoms with E-state index in [0.717, 1.165) is 23.1 Å². The van der Waals surface area contributed by atoms with Crippen LogP contribution in [0, 0.1) is 0 Å². The van der Waals surface area contributed by atoms with Gasteiger partial charge in [-0.2, -0.15) is 0 Å². The number of amides is 1. The molecule has 0 aliphatic heterocycles. The Bertz CT molecular complexity index is 548. The maximum atomic E-state index is 12.3. The summed E-state index contributed by atoms with van der Waals surface area (Å²) in [5, 5.41) is 0. The number of unbranched alkanes of at least 4 members (excludes halogenated alkanes) is 3. The molecule has 24 heavy (non-hydrogen) atoms. The number of rotatable bonds is 10. The third-order valence-corrected chi connectivity index (χ3v) is 4.07. The molecule has 0 radical (unpaired) electrons. The molecule has 0 spiro atoms. The molecule has 134 valence electrons. The lowest BCUT2D eigenvalue weighted by atomic mass is 10.2. The summed E-state index contributed by atoms with van der Waals surface area (Å²) >= 11 is 3.44. The lowest BCUT2D eigenvalue weighted by molar-refractivity contribution is -0.143. The van der Waals surface area contributed by atoms with Crippen molar-refractivity contribution in [3.05, 3.63) is 28.2 Å². The van der Waals surface area contributed by atoms with E-state index in [0.29, 0.717) is 18.8 Å². The van der Waals surface area contributed by atoms with Crippen LogP contribution in [-0.2, 0) is 9.53 Å². The van der Waals surface area contributed by atoms with Crippen LogP contribution in [0.3, 0.4) is 0 Å². The second-order valence-electron chi connectivity index (χ2n) is 5.52. The van der Waals surface area contributed by atoms with Gasteiger partial charge in [0.1, 0.15) is 12.3 Å². The molecule has 1 aromatic rings. The van der Waals surface area contributed by atoms with Crippen molar-refractivity contribution < 1.29 is 19.1 Å². The van der Waals surface area contributed by atoms with Crippen molar-refractivity contribution in [2.45, 2.75) is 39.5 Å². The zero-order valence-corrected chi connectivity index (χ0v) is 16.2. The highest BCUT2D eigenvalue weighted by atomic mass is 79.9. The lowest BCUT2D eigenvalue weighted by Gasteiger charge is -2.17. The first-order valence-corrected chi connectivity index (χ1v) is 9.12. The highest BCUT2D eigenvalue weighted by Crippen LogP contribution is 2.26. The number of carbonyl (C=O) groups is 2. The van der Waals surface area contributed by atoms with Crippen molar-refractivity contribution in [1.29, 1.82) is 0 Å². The molecule has 0 unspecified atom stereocenters. The van der Waals surface area contributed by atoms with Crippen LogP contribution in [0.25, 0.3) is 0 Å². The standard InChI is InChI=1S/C18H26BrNO4/c1-4-6-7-8-11-24-16-10-9-14(12-15(16)19)18(22)20(3)13-17(21)23-5-2/h9-10,12H,4-8,11,13H2,1-3H3. The molecule has 0 fully saturated rings. The summed E-state index contributed by atoms with van der Waals surface area (Å²) in [7, 11) is 1.57. The van der Waals surface area contributed by atoms with Crippen LogP contribution in [0.4, 0.5) is 0 Å². The molecular weight excluding hydrogens is 374 g/mol. The molecule has 0 aliphatic rings. The van der Waals surface area contributed by atoms with Gasteiger partial charge in [0.25, 0.3) is 5.91 Å². The van der Waals surface area contributed by atoms with Crippen LogP contribution in [0.5, 0.6) is 5.75 Å². The third kappa shape index (κ3) is 6.91. The Labute approximate surface area is 152 Å². The molecule has 0 atom stereocenters. The fraction of sp³-hybridized carbons (Fsp3) is 0.556. The molecular formula is C18H26BrNO4. The predicted molar refractivity (Wildman–Crippen MR) is 97.4 cm³/mol. The van der Waals surface area contributed by atoms with E-state index in [2.05, 4.69) is 22.9 Å². The van der Waals surface area contributed by atoms with Gasteiger partial charge in [-0.25, -0.2) is 0 Å². The number of benzene rings is 1. The van der Waals surface area contributed by atoms with Crippen LogP contribution in [0.15, 0.2) is 22.7 Å². The summed E-state index contributed by atoms with van der Waals surface area (Å²) in [6.07, 6.45) is 4.58. The minimum absolute atomic E-state index is 0.0695. The van der Waals surface area contributed by atoms with Crippen LogP contribution < -0.4 is 4.74 Å². The van der Waals surface area contributed by atoms with Crippen molar-refractivity contribution in [2.75, 3.05) is 26.8 Å². The van der Waals surface area contributed by atoms with E-state index in [4.69, 9.17) is 9.47 Å². The van der Waals surface area contributed by atoms with E-state index in [1.807, 2.05) is 0 Å². The van der Waals surface area contributed by atoms with Gasteiger partial charge in [0, 0.05) is 12.6 Å². The van der Waals surface area contributed by atoms with Gasteiger partial charge in [-0.1, -0.05) is 26.2 Å². The van der Waals surface area contributed by atoms with E-state index in [9.17, 15) is 9.59 Å². The van der Waals surface area contributed by atoms with Gasteiger partial charge in [0.15, 0.2) is 0 Å². The Kier molecular flexibility index (Phi) is 9.45. The van der Waals surface area contributed by atoms with Gasteiger partial charge in [-0.15, -0.1) is 0 Å². The second kappa shape index (κ2) is 11.1. The summed E-state index contributed by atoms with van der Waals surface area (Å²) in [5.41, 5.74) is 0.493. The summed E-state index contributed by atoms with van der Waals surface area (Å²) in [5.74, 6) is 0.0637.